The van der Waals surface area contributed by atoms with Crippen LogP contribution in [0.5, 0.6) is 0 Å². The summed E-state index contributed by atoms with van der Waals surface area (Å²) in [6, 6.07) is 7.86. The molecule has 4 heteroatoms. The van der Waals surface area contributed by atoms with Crippen LogP contribution in [-0.4, -0.2) is 15.9 Å². The number of nitrogens with zero attached hydrogens (tertiary/aromatic N) is 3. The number of H-pyrrole nitrogens is 1. The Labute approximate surface area is 86.6 Å². The number of hydrogen-bond donors (Lipinski definition) is 1. The highest BCUT2D eigenvalue weighted by Crippen LogP contribution is 2.10. The summed E-state index contributed by atoms with van der Waals surface area (Å²) in [6.07, 6.45) is 7.72. The number of aromatic nitrogens is 3. The Kier molecular flexibility index (Phi) is 1.71. The zero-order valence-electron chi connectivity index (χ0n) is 7.96. The summed E-state index contributed by atoms with van der Waals surface area (Å²) in [7, 11) is 0. The molecular weight excluding hydrogens is 188 g/mol. The molecule has 0 atom stereocenters. The Hall–Kier alpha value is -2.23. The van der Waals surface area contributed by atoms with Crippen molar-refractivity contribution >= 4 is 17.7 Å². The first-order valence-electron chi connectivity index (χ1n) is 4.71. The number of allylic oxidation sites excluding steroid dienone is 1. The van der Waals surface area contributed by atoms with Crippen LogP contribution in [0.1, 0.15) is 5.69 Å². The molecule has 0 aliphatic carbocycles. The second-order valence-electron chi connectivity index (χ2n) is 3.24. The molecule has 3 heterocycles. The van der Waals surface area contributed by atoms with Gasteiger partial charge in [-0.25, -0.2) is 4.99 Å². The molecule has 0 amide bonds. The van der Waals surface area contributed by atoms with Crippen molar-refractivity contribution in [3.8, 4) is 0 Å². The van der Waals surface area contributed by atoms with E-state index in [1.165, 1.54) is 0 Å². The highest BCUT2D eigenvalue weighted by molar-refractivity contribution is 6.10. The third-order valence-corrected chi connectivity index (χ3v) is 2.27. The average Bonchev–Trinajstić information content (AvgIpc) is 2.89. The minimum atomic E-state index is 0.701. The lowest BCUT2D eigenvalue weighted by Crippen LogP contribution is -2.28. The van der Waals surface area contributed by atoms with Gasteiger partial charge in [-0.1, -0.05) is 0 Å². The summed E-state index contributed by atoms with van der Waals surface area (Å²) in [5.74, 6) is 0.701. The average molecular weight is 197 g/mol. The lowest BCUT2D eigenvalue weighted by molar-refractivity contribution is -0.566. The molecule has 1 aliphatic heterocycles. The lowest BCUT2D eigenvalue weighted by Gasteiger charge is -1.91. The molecule has 1 aliphatic rings. The smallest absolute Gasteiger partial charge is 0.236 e. The van der Waals surface area contributed by atoms with Gasteiger partial charge in [0.2, 0.25) is 5.69 Å². The Morgan fingerprint density at radius 3 is 3.13 bits per heavy atom. The van der Waals surface area contributed by atoms with Crippen molar-refractivity contribution < 1.29 is 4.57 Å². The first-order valence-corrected chi connectivity index (χ1v) is 4.71. The molecule has 2 aromatic rings. The molecule has 15 heavy (non-hydrogen) atoms. The maximum Gasteiger partial charge on any atom is 0.236 e. The van der Waals surface area contributed by atoms with Crippen molar-refractivity contribution in [1.82, 2.24) is 10.2 Å². The maximum absolute atomic E-state index is 4.43. The van der Waals surface area contributed by atoms with Crippen LogP contribution in [0, 0.1) is 0 Å². The molecule has 0 saturated carbocycles. The summed E-state index contributed by atoms with van der Waals surface area (Å²) < 4.78 is 2.03. The normalized spacial score (nSPS) is 15.9. The van der Waals surface area contributed by atoms with Crippen LogP contribution in [0.3, 0.4) is 0 Å². The molecule has 0 aromatic carbocycles. The van der Waals surface area contributed by atoms with E-state index in [4.69, 9.17) is 0 Å². The second kappa shape index (κ2) is 3.16. The fraction of sp³-hybridized carbons (Fsp3) is 0. The second-order valence-corrected chi connectivity index (χ2v) is 3.24. The van der Waals surface area contributed by atoms with Gasteiger partial charge in [0.15, 0.2) is 18.2 Å². The van der Waals surface area contributed by atoms with Crippen molar-refractivity contribution in [2.24, 2.45) is 4.99 Å². The molecule has 3 rings (SSSR count). The topological polar surface area (TPSA) is 44.9 Å². The fourth-order valence-electron chi connectivity index (χ4n) is 1.57. The van der Waals surface area contributed by atoms with Crippen LogP contribution in [0.25, 0.3) is 6.20 Å². The Morgan fingerprint density at radius 1 is 1.27 bits per heavy atom. The molecule has 1 N–H and O–H groups in total. The lowest BCUT2D eigenvalue weighted by atomic mass is 10.2. The van der Waals surface area contributed by atoms with E-state index in [9.17, 15) is 0 Å². The standard InChI is InChI=1S/C11H8N4/c1-2-7-15-8-5-9(10(15)3-1)13-11-4-6-12-14-11/h1-8H/p+1. The monoisotopic (exact) mass is 197 g/mol. The van der Waals surface area contributed by atoms with Crippen LogP contribution in [0.15, 0.2) is 47.7 Å². The molecule has 4 nitrogen and oxygen atoms in total. The van der Waals surface area contributed by atoms with E-state index in [-0.39, 0.29) is 0 Å². The summed E-state index contributed by atoms with van der Waals surface area (Å²) >= 11 is 0. The number of pyridine rings is 1. The van der Waals surface area contributed by atoms with Gasteiger partial charge in [-0.3, -0.25) is 5.10 Å². The van der Waals surface area contributed by atoms with Gasteiger partial charge in [-0.05, 0) is 6.07 Å². The van der Waals surface area contributed by atoms with Gasteiger partial charge < -0.3 is 0 Å². The SMILES string of the molecule is C1=C[n+]2ccccc2C1=Nc1cc[nH]n1. The van der Waals surface area contributed by atoms with Gasteiger partial charge in [0.1, 0.15) is 5.71 Å². The molecule has 0 bridgehead atoms. The number of rotatable bonds is 1. The molecule has 0 unspecified atom stereocenters. The van der Waals surface area contributed by atoms with Gasteiger partial charge in [0.05, 0.1) is 0 Å². The minimum Gasteiger partial charge on any atom is -0.284 e. The highest BCUT2D eigenvalue weighted by Gasteiger charge is 2.19. The quantitative estimate of drug-likeness (QED) is 0.688. The maximum atomic E-state index is 4.43. The van der Waals surface area contributed by atoms with E-state index < -0.39 is 0 Å². The van der Waals surface area contributed by atoms with Crippen molar-refractivity contribution in [3.63, 3.8) is 0 Å². The molecule has 2 aromatic heterocycles. The number of fused-ring (bicyclic) bond motifs is 1. The Bertz CT molecular complexity index is 537. The van der Waals surface area contributed by atoms with Crippen molar-refractivity contribution in [3.05, 3.63) is 48.4 Å². The first-order chi connectivity index (χ1) is 7.43. The molecule has 0 saturated heterocycles. The van der Waals surface area contributed by atoms with Crippen molar-refractivity contribution in [1.29, 1.82) is 0 Å². The largest absolute Gasteiger partial charge is 0.284 e. The van der Waals surface area contributed by atoms with E-state index in [0.29, 0.717) is 5.82 Å². The van der Waals surface area contributed by atoms with Crippen molar-refractivity contribution in [2.75, 3.05) is 0 Å². The third kappa shape index (κ3) is 1.36. The minimum absolute atomic E-state index is 0.701. The summed E-state index contributed by atoms with van der Waals surface area (Å²) in [5, 5.41) is 6.74. The highest BCUT2D eigenvalue weighted by atomic mass is 15.2. The molecular formula is C11H9N4+. The van der Waals surface area contributed by atoms with Gasteiger partial charge in [0.25, 0.3) is 0 Å². The predicted octanol–water partition coefficient (Wildman–Crippen LogP) is 1.30. The van der Waals surface area contributed by atoms with Gasteiger partial charge in [-0.15, -0.1) is 0 Å². The van der Waals surface area contributed by atoms with Crippen LogP contribution in [0.4, 0.5) is 5.82 Å². The van der Waals surface area contributed by atoms with E-state index in [2.05, 4.69) is 15.2 Å². The number of hydrogen-bond acceptors (Lipinski definition) is 2. The Morgan fingerprint density at radius 2 is 2.27 bits per heavy atom. The number of nitrogens with one attached hydrogen (secondary N) is 1. The van der Waals surface area contributed by atoms with Crippen molar-refractivity contribution in [2.45, 2.75) is 0 Å². The van der Waals surface area contributed by atoms with Crippen LogP contribution in [0.2, 0.25) is 0 Å². The van der Waals surface area contributed by atoms with E-state index >= 15 is 0 Å². The van der Waals surface area contributed by atoms with Gasteiger partial charge >= 0.3 is 0 Å². The zero-order chi connectivity index (χ0) is 10.1. The van der Waals surface area contributed by atoms with Crippen LogP contribution >= 0.6 is 0 Å². The van der Waals surface area contributed by atoms with E-state index in [0.717, 1.165) is 11.4 Å². The van der Waals surface area contributed by atoms with E-state index in [1.807, 2.05) is 47.3 Å². The van der Waals surface area contributed by atoms with Crippen LogP contribution in [-0.2, 0) is 0 Å². The van der Waals surface area contributed by atoms with Gasteiger partial charge in [-0.2, -0.15) is 9.67 Å². The summed E-state index contributed by atoms with van der Waals surface area (Å²) in [6.45, 7) is 0. The van der Waals surface area contributed by atoms with Crippen LogP contribution < -0.4 is 4.57 Å². The third-order valence-electron chi connectivity index (χ3n) is 2.27. The molecule has 0 spiro atoms. The fourth-order valence-corrected chi connectivity index (χ4v) is 1.57. The molecule has 0 fully saturated rings. The van der Waals surface area contributed by atoms with E-state index in [1.54, 1.807) is 6.20 Å². The number of aromatic amines is 1. The first kappa shape index (κ1) is 8.11. The number of aliphatic imine (C=N–C) groups is 1. The van der Waals surface area contributed by atoms with Gasteiger partial charge in [0, 0.05) is 30.5 Å². The molecule has 0 radical (unpaired) electrons. The summed E-state index contributed by atoms with van der Waals surface area (Å²) in [4.78, 5) is 4.43. The Balaban J connectivity index is 2.08. The zero-order valence-corrected chi connectivity index (χ0v) is 7.96. The summed E-state index contributed by atoms with van der Waals surface area (Å²) in [5.41, 5.74) is 2.02. The molecule has 72 valence electrons. The predicted molar refractivity (Wildman–Crippen MR) is 56.8 cm³/mol.